The van der Waals surface area contributed by atoms with E-state index in [9.17, 15) is 4.39 Å². The summed E-state index contributed by atoms with van der Waals surface area (Å²) in [6, 6.07) is 7.19. The van der Waals surface area contributed by atoms with Crippen LogP contribution in [0, 0.1) is 17.7 Å². The van der Waals surface area contributed by atoms with E-state index in [1.54, 1.807) is 6.07 Å². The zero-order valence-electron chi connectivity index (χ0n) is 11.5. The predicted octanol–water partition coefficient (Wildman–Crippen LogP) is 3.96. The first-order valence-electron chi connectivity index (χ1n) is 7.17. The molecule has 1 aliphatic rings. The van der Waals surface area contributed by atoms with Crippen LogP contribution in [-0.2, 0) is 0 Å². The fourth-order valence-electron chi connectivity index (χ4n) is 3.16. The molecule has 0 aromatic heterocycles. The van der Waals surface area contributed by atoms with Gasteiger partial charge in [-0.25, -0.2) is 4.39 Å². The molecule has 2 heteroatoms. The highest BCUT2D eigenvalue weighted by atomic mass is 19.1. The highest BCUT2D eigenvalue weighted by molar-refractivity contribution is 5.22. The van der Waals surface area contributed by atoms with Gasteiger partial charge in [0.25, 0.3) is 0 Å². The molecular formula is C16H24FN. The van der Waals surface area contributed by atoms with E-state index < -0.39 is 0 Å². The van der Waals surface area contributed by atoms with Gasteiger partial charge in [-0.2, -0.15) is 0 Å². The molecule has 3 unspecified atom stereocenters. The number of hydrogen-bond acceptors (Lipinski definition) is 1. The minimum atomic E-state index is -0.104. The third kappa shape index (κ3) is 3.32. The van der Waals surface area contributed by atoms with E-state index in [1.165, 1.54) is 30.9 Å². The number of hydrogen-bond donors (Lipinski definition) is 1. The van der Waals surface area contributed by atoms with Crippen LogP contribution in [0.25, 0.3) is 0 Å². The fourth-order valence-corrected chi connectivity index (χ4v) is 3.16. The first-order chi connectivity index (χ1) is 8.70. The highest BCUT2D eigenvalue weighted by Crippen LogP contribution is 2.40. The van der Waals surface area contributed by atoms with E-state index in [-0.39, 0.29) is 5.82 Å². The zero-order chi connectivity index (χ0) is 13.0. The maximum absolute atomic E-state index is 13.4. The van der Waals surface area contributed by atoms with Crippen LogP contribution in [0.5, 0.6) is 0 Å². The molecule has 0 saturated heterocycles. The topological polar surface area (TPSA) is 12.0 Å². The van der Waals surface area contributed by atoms with E-state index in [4.69, 9.17) is 0 Å². The van der Waals surface area contributed by atoms with Crippen LogP contribution >= 0.6 is 0 Å². The third-order valence-corrected chi connectivity index (χ3v) is 4.19. The third-order valence-electron chi connectivity index (χ3n) is 4.19. The van der Waals surface area contributed by atoms with Crippen molar-refractivity contribution in [3.8, 4) is 0 Å². The number of nitrogens with one attached hydrogen (secondary N) is 1. The lowest BCUT2D eigenvalue weighted by Gasteiger charge is -2.35. The number of rotatable bonds is 4. The normalized spacial score (nSPS) is 28.3. The van der Waals surface area contributed by atoms with Gasteiger partial charge in [-0.15, -0.1) is 0 Å². The van der Waals surface area contributed by atoms with Gasteiger partial charge in [0.15, 0.2) is 0 Å². The summed E-state index contributed by atoms with van der Waals surface area (Å²) in [4.78, 5) is 0. The van der Waals surface area contributed by atoms with Crippen LogP contribution in [0.2, 0.25) is 0 Å². The minimum absolute atomic E-state index is 0.104. The van der Waals surface area contributed by atoms with E-state index in [0.717, 1.165) is 19.0 Å². The molecule has 100 valence electrons. The second-order valence-electron chi connectivity index (χ2n) is 5.65. The average Bonchev–Trinajstić information content (AvgIpc) is 2.37. The Morgan fingerprint density at radius 3 is 2.89 bits per heavy atom. The monoisotopic (exact) mass is 249 g/mol. The lowest BCUT2D eigenvalue weighted by Crippen LogP contribution is -2.31. The van der Waals surface area contributed by atoms with Gasteiger partial charge in [-0.05, 0) is 61.4 Å². The maximum atomic E-state index is 13.4. The van der Waals surface area contributed by atoms with Crippen molar-refractivity contribution in [3.63, 3.8) is 0 Å². The Hall–Kier alpha value is -0.890. The maximum Gasteiger partial charge on any atom is 0.123 e. The second kappa shape index (κ2) is 6.33. The Labute approximate surface area is 110 Å². The van der Waals surface area contributed by atoms with E-state index in [2.05, 4.69) is 25.2 Å². The summed E-state index contributed by atoms with van der Waals surface area (Å²) in [7, 11) is 0. The van der Waals surface area contributed by atoms with Gasteiger partial charge in [0.1, 0.15) is 5.82 Å². The van der Waals surface area contributed by atoms with Gasteiger partial charge in [0.2, 0.25) is 0 Å². The molecule has 0 spiro atoms. The zero-order valence-corrected chi connectivity index (χ0v) is 11.5. The van der Waals surface area contributed by atoms with E-state index in [1.807, 2.05) is 6.07 Å². The number of benzene rings is 1. The molecule has 0 bridgehead atoms. The van der Waals surface area contributed by atoms with Crippen molar-refractivity contribution < 1.29 is 4.39 Å². The summed E-state index contributed by atoms with van der Waals surface area (Å²) in [5.74, 6) is 1.83. The Morgan fingerprint density at radius 2 is 2.17 bits per heavy atom. The molecule has 0 aliphatic heterocycles. The summed E-state index contributed by atoms with van der Waals surface area (Å²) in [5.41, 5.74) is 1.18. The standard InChI is InChI=1S/C16H24FN/c1-3-18-11-14-8-7-12(2)9-16(14)13-5-4-6-15(17)10-13/h4-6,10,12,14,16,18H,3,7-9,11H2,1-2H3. The smallest absolute Gasteiger partial charge is 0.123 e. The molecule has 1 fully saturated rings. The van der Waals surface area contributed by atoms with Crippen LogP contribution in [0.1, 0.15) is 44.6 Å². The summed E-state index contributed by atoms with van der Waals surface area (Å²) in [5, 5.41) is 3.45. The van der Waals surface area contributed by atoms with Gasteiger partial charge < -0.3 is 5.32 Å². The van der Waals surface area contributed by atoms with Crippen LogP contribution in [-0.4, -0.2) is 13.1 Å². The van der Waals surface area contributed by atoms with Crippen molar-refractivity contribution in [2.75, 3.05) is 13.1 Å². The SMILES string of the molecule is CCNCC1CCC(C)CC1c1cccc(F)c1. The number of halogens is 1. The molecule has 1 aliphatic carbocycles. The molecule has 1 nitrogen and oxygen atoms in total. The van der Waals surface area contributed by atoms with Gasteiger partial charge in [-0.1, -0.05) is 32.4 Å². The Kier molecular flexibility index (Phi) is 4.76. The summed E-state index contributed by atoms with van der Waals surface area (Å²) in [6.45, 7) is 6.53. The fraction of sp³-hybridized carbons (Fsp3) is 0.625. The van der Waals surface area contributed by atoms with Crippen molar-refractivity contribution in [1.82, 2.24) is 5.32 Å². The van der Waals surface area contributed by atoms with E-state index >= 15 is 0 Å². The first kappa shape index (κ1) is 13.5. The van der Waals surface area contributed by atoms with Crippen LogP contribution in [0.3, 0.4) is 0 Å². The molecular weight excluding hydrogens is 225 g/mol. The van der Waals surface area contributed by atoms with Crippen molar-refractivity contribution >= 4 is 0 Å². The molecule has 18 heavy (non-hydrogen) atoms. The Balaban J connectivity index is 2.14. The molecule has 2 rings (SSSR count). The minimum Gasteiger partial charge on any atom is -0.317 e. The van der Waals surface area contributed by atoms with E-state index in [0.29, 0.717) is 11.8 Å². The lowest BCUT2D eigenvalue weighted by molar-refractivity contribution is 0.242. The van der Waals surface area contributed by atoms with Crippen LogP contribution < -0.4 is 5.32 Å². The molecule has 3 atom stereocenters. The van der Waals surface area contributed by atoms with Crippen molar-refractivity contribution in [2.45, 2.75) is 39.0 Å². The summed E-state index contributed by atoms with van der Waals surface area (Å²) < 4.78 is 13.4. The molecule has 1 aromatic rings. The predicted molar refractivity (Wildman–Crippen MR) is 74.2 cm³/mol. The Bertz CT molecular complexity index is 375. The van der Waals surface area contributed by atoms with Gasteiger partial charge in [-0.3, -0.25) is 0 Å². The second-order valence-corrected chi connectivity index (χ2v) is 5.65. The molecule has 1 N–H and O–H groups in total. The van der Waals surface area contributed by atoms with Gasteiger partial charge in [0, 0.05) is 0 Å². The Morgan fingerprint density at radius 1 is 1.33 bits per heavy atom. The highest BCUT2D eigenvalue weighted by Gasteiger charge is 2.29. The molecule has 0 heterocycles. The van der Waals surface area contributed by atoms with Crippen LogP contribution in [0.15, 0.2) is 24.3 Å². The summed E-state index contributed by atoms with van der Waals surface area (Å²) >= 11 is 0. The van der Waals surface area contributed by atoms with Crippen molar-refractivity contribution in [3.05, 3.63) is 35.6 Å². The lowest BCUT2D eigenvalue weighted by atomic mass is 9.71. The average molecular weight is 249 g/mol. The van der Waals surface area contributed by atoms with Crippen molar-refractivity contribution in [1.29, 1.82) is 0 Å². The quantitative estimate of drug-likeness (QED) is 0.852. The van der Waals surface area contributed by atoms with Gasteiger partial charge in [0.05, 0.1) is 0 Å². The van der Waals surface area contributed by atoms with Gasteiger partial charge >= 0.3 is 0 Å². The first-order valence-corrected chi connectivity index (χ1v) is 7.17. The molecule has 1 saturated carbocycles. The largest absolute Gasteiger partial charge is 0.317 e. The molecule has 0 radical (unpaired) electrons. The summed E-state index contributed by atoms with van der Waals surface area (Å²) in [6.07, 6.45) is 3.76. The van der Waals surface area contributed by atoms with Crippen LogP contribution in [0.4, 0.5) is 4.39 Å². The molecule has 0 amide bonds. The van der Waals surface area contributed by atoms with Crippen molar-refractivity contribution in [2.24, 2.45) is 11.8 Å². The molecule has 1 aromatic carbocycles.